The number of aromatic nitrogens is 2. The van der Waals surface area contributed by atoms with Gasteiger partial charge in [0.15, 0.2) is 11.6 Å². The highest BCUT2D eigenvalue weighted by atomic mass is 19.4. The van der Waals surface area contributed by atoms with Crippen molar-refractivity contribution in [3.8, 4) is 0 Å². The van der Waals surface area contributed by atoms with E-state index in [0.717, 1.165) is 18.6 Å². The number of anilines is 3. The van der Waals surface area contributed by atoms with Crippen LogP contribution in [0, 0.1) is 0 Å². The number of carbonyl (C=O) groups excluding carboxylic acids is 1. The maximum atomic E-state index is 12.7. The zero-order valence-electron chi connectivity index (χ0n) is 14.9. The molecule has 0 radical (unpaired) electrons. The number of alkyl halides is 3. The second kappa shape index (κ2) is 6.81. The van der Waals surface area contributed by atoms with E-state index in [0.29, 0.717) is 30.4 Å². The smallest absolute Gasteiger partial charge is 0.347 e. The molecule has 2 atom stereocenters. The third-order valence-corrected chi connectivity index (χ3v) is 5.12. The van der Waals surface area contributed by atoms with Gasteiger partial charge in [-0.15, -0.1) is 0 Å². The number of carbonyl (C=O) groups is 1. The SMILES string of the molecule is C=CC(=O)N1CC2CC1CN2c1nccnc1Nc1ccc(C(F)(F)F)cc1. The minimum Gasteiger partial charge on any atom is -0.347 e. The first-order valence-corrected chi connectivity index (χ1v) is 8.82. The number of hydrogen-bond acceptors (Lipinski definition) is 5. The highest BCUT2D eigenvalue weighted by molar-refractivity contribution is 5.88. The van der Waals surface area contributed by atoms with Gasteiger partial charge in [-0.2, -0.15) is 13.2 Å². The molecule has 2 fully saturated rings. The molecule has 2 saturated heterocycles. The Hall–Kier alpha value is -3.10. The number of nitrogens with one attached hydrogen (secondary N) is 1. The van der Waals surface area contributed by atoms with Crippen molar-refractivity contribution >= 4 is 23.2 Å². The summed E-state index contributed by atoms with van der Waals surface area (Å²) in [6.45, 7) is 4.76. The average Bonchev–Trinajstić information content (AvgIpc) is 3.28. The molecule has 1 N–H and O–H groups in total. The number of fused-ring (bicyclic) bond motifs is 2. The lowest BCUT2D eigenvalue weighted by Crippen LogP contribution is -2.48. The summed E-state index contributed by atoms with van der Waals surface area (Å²) >= 11 is 0. The van der Waals surface area contributed by atoms with Crippen molar-refractivity contribution in [3.05, 3.63) is 54.9 Å². The maximum absolute atomic E-state index is 12.7. The van der Waals surface area contributed by atoms with E-state index in [1.807, 2.05) is 4.90 Å². The Morgan fingerprint density at radius 2 is 1.86 bits per heavy atom. The molecule has 1 aromatic carbocycles. The molecule has 2 bridgehead atoms. The van der Waals surface area contributed by atoms with Gasteiger partial charge in [0.25, 0.3) is 0 Å². The van der Waals surface area contributed by atoms with Crippen LogP contribution in [0.15, 0.2) is 49.3 Å². The summed E-state index contributed by atoms with van der Waals surface area (Å²) in [6.07, 6.45) is 0.893. The van der Waals surface area contributed by atoms with E-state index in [2.05, 4.69) is 26.8 Å². The molecule has 3 heterocycles. The van der Waals surface area contributed by atoms with Crippen molar-refractivity contribution in [1.29, 1.82) is 0 Å². The predicted molar refractivity (Wildman–Crippen MR) is 98.2 cm³/mol. The molecule has 2 aliphatic rings. The van der Waals surface area contributed by atoms with Crippen molar-refractivity contribution in [2.45, 2.75) is 24.7 Å². The van der Waals surface area contributed by atoms with Gasteiger partial charge in [-0.25, -0.2) is 9.97 Å². The number of hydrogen-bond donors (Lipinski definition) is 1. The van der Waals surface area contributed by atoms with Crippen molar-refractivity contribution in [2.75, 3.05) is 23.3 Å². The summed E-state index contributed by atoms with van der Waals surface area (Å²) < 4.78 is 38.2. The van der Waals surface area contributed by atoms with Gasteiger partial charge in [-0.3, -0.25) is 4.79 Å². The second-order valence-corrected chi connectivity index (χ2v) is 6.82. The monoisotopic (exact) mass is 389 g/mol. The fraction of sp³-hybridized carbons (Fsp3) is 0.316. The quantitative estimate of drug-likeness (QED) is 0.814. The number of likely N-dealkylation sites (tertiary alicyclic amines) is 1. The van der Waals surface area contributed by atoms with Gasteiger partial charge in [0.1, 0.15) is 0 Å². The molecular weight excluding hydrogens is 371 g/mol. The fourth-order valence-corrected chi connectivity index (χ4v) is 3.82. The number of piperazine rings is 1. The molecule has 28 heavy (non-hydrogen) atoms. The molecule has 146 valence electrons. The van der Waals surface area contributed by atoms with Crippen LogP contribution in [-0.2, 0) is 11.0 Å². The summed E-state index contributed by atoms with van der Waals surface area (Å²) in [5.74, 6) is 1.02. The molecular formula is C19H18F3N5O. The summed E-state index contributed by atoms with van der Waals surface area (Å²) in [4.78, 5) is 24.6. The molecule has 4 rings (SSSR count). The molecule has 1 amide bonds. The number of halogens is 3. The minimum absolute atomic E-state index is 0.0746. The van der Waals surface area contributed by atoms with Crippen LogP contribution in [-0.4, -0.2) is 45.9 Å². The lowest BCUT2D eigenvalue weighted by molar-refractivity contribution is -0.137. The molecule has 2 aliphatic heterocycles. The first-order chi connectivity index (χ1) is 13.4. The van der Waals surface area contributed by atoms with Gasteiger partial charge < -0.3 is 15.1 Å². The van der Waals surface area contributed by atoms with Gasteiger partial charge >= 0.3 is 6.18 Å². The minimum atomic E-state index is -4.38. The highest BCUT2D eigenvalue weighted by Gasteiger charge is 2.45. The Bertz CT molecular complexity index is 899. The Balaban J connectivity index is 1.53. The van der Waals surface area contributed by atoms with E-state index in [9.17, 15) is 18.0 Å². The van der Waals surface area contributed by atoms with E-state index in [1.54, 1.807) is 6.20 Å². The van der Waals surface area contributed by atoms with E-state index in [4.69, 9.17) is 0 Å². The largest absolute Gasteiger partial charge is 0.416 e. The van der Waals surface area contributed by atoms with E-state index in [1.165, 1.54) is 24.4 Å². The number of benzene rings is 1. The number of amides is 1. The van der Waals surface area contributed by atoms with Gasteiger partial charge in [0.2, 0.25) is 5.91 Å². The van der Waals surface area contributed by atoms with Gasteiger partial charge in [0.05, 0.1) is 17.6 Å². The summed E-state index contributed by atoms with van der Waals surface area (Å²) in [5.41, 5.74) is -0.219. The average molecular weight is 389 g/mol. The fourth-order valence-electron chi connectivity index (χ4n) is 3.82. The normalized spacial score (nSPS) is 21.1. The third-order valence-electron chi connectivity index (χ3n) is 5.12. The highest BCUT2D eigenvalue weighted by Crippen LogP contribution is 2.37. The van der Waals surface area contributed by atoms with Crippen LogP contribution >= 0.6 is 0 Å². The molecule has 2 unspecified atom stereocenters. The molecule has 2 aromatic rings. The molecule has 1 aromatic heterocycles. The third kappa shape index (κ3) is 3.28. The van der Waals surface area contributed by atoms with Crippen LogP contribution in [0.2, 0.25) is 0 Å². The summed E-state index contributed by atoms with van der Waals surface area (Å²) in [5, 5.41) is 3.05. The van der Waals surface area contributed by atoms with E-state index in [-0.39, 0.29) is 18.0 Å². The van der Waals surface area contributed by atoms with Crippen molar-refractivity contribution in [2.24, 2.45) is 0 Å². The van der Waals surface area contributed by atoms with Crippen LogP contribution < -0.4 is 10.2 Å². The maximum Gasteiger partial charge on any atom is 0.416 e. The van der Waals surface area contributed by atoms with Crippen LogP contribution in [0.1, 0.15) is 12.0 Å². The summed E-state index contributed by atoms with van der Waals surface area (Å²) in [7, 11) is 0. The predicted octanol–water partition coefficient (Wildman–Crippen LogP) is 3.21. The number of nitrogens with zero attached hydrogens (tertiary/aromatic N) is 4. The van der Waals surface area contributed by atoms with Crippen molar-refractivity contribution in [1.82, 2.24) is 14.9 Å². The van der Waals surface area contributed by atoms with Gasteiger partial charge in [-0.1, -0.05) is 6.58 Å². The van der Waals surface area contributed by atoms with Crippen LogP contribution in [0.4, 0.5) is 30.5 Å². The van der Waals surface area contributed by atoms with Gasteiger partial charge in [-0.05, 0) is 36.8 Å². The zero-order chi connectivity index (χ0) is 19.9. The Morgan fingerprint density at radius 3 is 2.46 bits per heavy atom. The molecule has 6 nitrogen and oxygen atoms in total. The molecule has 0 saturated carbocycles. The Morgan fingerprint density at radius 1 is 1.14 bits per heavy atom. The standard InChI is InChI=1S/C19H18F3N5O/c1-2-16(28)26-10-15-9-14(26)11-27(15)18-17(23-7-8-24-18)25-13-5-3-12(4-6-13)19(20,21)22/h2-8,14-15H,1,9-11H2,(H,23,25). The molecule has 9 heteroatoms. The molecule has 0 spiro atoms. The van der Waals surface area contributed by atoms with Crippen LogP contribution in [0.25, 0.3) is 0 Å². The van der Waals surface area contributed by atoms with Gasteiger partial charge in [0, 0.05) is 31.2 Å². The van der Waals surface area contributed by atoms with E-state index >= 15 is 0 Å². The first-order valence-electron chi connectivity index (χ1n) is 8.82. The topological polar surface area (TPSA) is 61.4 Å². The Labute approximate surface area is 159 Å². The number of rotatable bonds is 4. The Kier molecular flexibility index (Phi) is 4.44. The first kappa shape index (κ1) is 18.3. The lowest BCUT2D eigenvalue weighted by atomic mass is 10.2. The van der Waals surface area contributed by atoms with Crippen molar-refractivity contribution < 1.29 is 18.0 Å². The zero-order valence-corrected chi connectivity index (χ0v) is 14.9. The van der Waals surface area contributed by atoms with Crippen LogP contribution in [0.3, 0.4) is 0 Å². The van der Waals surface area contributed by atoms with E-state index < -0.39 is 11.7 Å². The van der Waals surface area contributed by atoms with Crippen LogP contribution in [0.5, 0.6) is 0 Å². The molecule has 0 aliphatic carbocycles. The summed E-state index contributed by atoms with van der Waals surface area (Å²) in [6, 6.07) is 4.99. The second-order valence-electron chi connectivity index (χ2n) is 6.82. The lowest BCUT2D eigenvalue weighted by Gasteiger charge is -2.34. The van der Waals surface area contributed by atoms with Crippen molar-refractivity contribution in [3.63, 3.8) is 0 Å².